The van der Waals surface area contributed by atoms with Crippen LogP contribution in [0.15, 0.2) is 18.2 Å². The number of primary amides is 1. The lowest BCUT2D eigenvalue weighted by molar-refractivity contribution is -0.117. The van der Waals surface area contributed by atoms with Crippen molar-refractivity contribution in [1.82, 2.24) is 5.32 Å². The number of hydrogen-bond donors (Lipinski definition) is 3. The molecular formula is C9H10ClN3O2. The van der Waals surface area contributed by atoms with Crippen LogP contribution in [-0.4, -0.2) is 18.4 Å². The number of rotatable bonds is 3. The largest absolute Gasteiger partial charge is 0.398 e. The lowest BCUT2D eigenvalue weighted by atomic mass is 10.1. The molecule has 0 heterocycles. The first-order valence-electron chi connectivity index (χ1n) is 4.13. The van der Waals surface area contributed by atoms with Crippen LogP contribution >= 0.6 is 11.6 Å². The molecule has 0 radical (unpaired) electrons. The van der Waals surface area contributed by atoms with Gasteiger partial charge in [-0.25, -0.2) is 0 Å². The highest BCUT2D eigenvalue weighted by molar-refractivity contribution is 6.34. The Morgan fingerprint density at radius 3 is 2.60 bits per heavy atom. The molecule has 0 atom stereocenters. The monoisotopic (exact) mass is 227 g/mol. The summed E-state index contributed by atoms with van der Waals surface area (Å²) in [7, 11) is 0. The fourth-order valence-corrected chi connectivity index (χ4v) is 1.30. The van der Waals surface area contributed by atoms with Crippen LogP contribution in [0.25, 0.3) is 0 Å². The summed E-state index contributed by atoms with van der Waals surface area (Å²) in [6.07, 6.45) is 0. The molecule has 0 spiro atoms. The van der Waals surface area contributed by atoms with E-state index in [4.69, 9.17) is 23.1 Å². The molecular weight excluding hydrogens is 218 g/mol. The van der Waals surface area contributed by atoms with Crippen LogP contribution in [0.5, 0.6) is 0 Å². The third kappa shape index (κ3) is 2.85. The smallest absolute Gasteiger partial charge is 0.255 e. The maximum absolute atomic E-state index is 11.5. The van der Waals surface area contributed by atoms with Gasteiger partial charge < -0.3 is 16.8 Å². The van der Waals surface area contributed by atoms with E-state index in [1.165, 1.54) is 6.07 Å². The summed E-state index contributed by atoms with van der Waals surface area (Å²) in [5.74, 6) is -1.15. The van der Waals surface area contributed by atoms with E-state index < -0.39 is 11.8 Å². The summed E-state index contributed by atoms with van der Waals surface area (Å²) in [4.78, 5) is 22.0. The topological polar surface area (TPSA) is 98.2 Å². The molecule has 1 rings (SSSR count). The lowest BCUT2D eigenvalue weighted by Crippen LogP contribution is -2.33. The molecule has 0 aliphatic heterocycles. The first kappa shape index (κ1) is 11.3. The number of hydrogen-bond acceptors (Lipinski definition) is 3. The first-order chi connectivity index (χ1) is 7.02. The van der Waals surface area contributed by atoms with Gasteiger partial charge >= 0.3 is 0 Å². The summed E-state index contributed by atoms with van der Waals surface area (Å²) < 4.78 is 0. The Balaban J connectivity index is 2.86. The zero-order chi connectivity index (χ0) is 11.4. The van der Waals surface area contributed by atoms with E-state index >= 15 is 0 Å². The SMILES string of the molecule is NC(=O)CNC(=O)c1c(N)cccc1Cl. The quantitative estimate of drug-likeness (QED) is 0.641. The number of benzene rings is 1. The second kappa shape index (κ2) is 4.65. The van der Waals surface area contributed by atoms with E-state index in [1.54, 1.807) is 12.1 Å². The van der Waals surface area contributed by atoms with Crippen LogP contribution in [-0.2, 0) is 4.79 Å². The number of halogens is 1. The van der Waals surface area contributed by atoms with Crippen LogP contribution in [0.4, 0.5) is 5.69 Å². The van der Waals surface area contributed by atoms with Crippen molar-refractivity contribution in [2.24, 2.45) is 5.73 Å². The van der Waals surface area contributed by atoms with Gasteiger partial charge in [0.25, 0.3) is 5.91 Å². The Morgan fingerprint density at radius 2 is 2.07 bits per heavy atom. The van der Waals surface area contributed by atoms with E-state index in [-0.39, 0.29) is 22.8 Å². The van der Waals surface area contributed by atoms with E-state index in [0.29, 0.717) is 0 Å². The number of anilines is 1. The van der Waals surface area contributed by atoms with Crippen molar-refractivity contribution in [1.29, 1.82) is 0 Å². The molecule has 1 aromatic rings. The van der Waals surface area contributed by atoms with Gasteiger partial charge in [-0.1, -0.05) is 17.7 Å². The van der Waals surface area contributed by atoms with Crippen molar-refractivity contribution in [3.05, 3.63) is 28.8 Å². The molecule has 5 N–H and O–H groups in total. The second-order valence-corrected chi connectivity index (χ2v) is 3.26. The van der Waals surface area contributed by atoms with Crippen molar-refractivity contribution < 1.29 is 9.59 Å². The Morgan fingerprint density at radius 1 is 1.40 bits per heavy atom. The van der Waals surface area contributed by atoms with Crippen molar-refractivity contribution in [2.45, 2.75) is 0 Å². The van der Waals surface area contributed by atoms with Crippen LogP contribution in [0.2, 0.25) is 5.02 Å². The van der Waals surface area contributed by atoms with Crippen LogP contribution in [0, 0.1) is 0 Å². The van der Waals surface area contributed by atoms with Gasteiger partial charge in [0, 0.05) is 5.69 Å². The second-order valence-electron chi connectivity index (χ2n) is 2.85. The highest BCUT2D eigenvalue weighted by atomic mass is 35.5. The van der Waals surface area contributed by atoms with E-state index in [2.05, 4.69) is 5.32 Å². The van der Waals surface area contributed by atoms with E-state index in [9.17, 15) is 9.59 Å². The molecule has 6 heteroatoms. The van der Waals surface area contributed by atoms with Gasteiger partial charge in [-0.15, -0.1) is 0 Å². The third-order valence-corrected chi connectivity index (χ3v) is 2.01. The number of carbonyl (C=O) groups excluding carboxylic acids is 2. The minimum Gasteiger partial charge on any atom is -0.398 e. The zero-order valence-corrected chi connectivity index (χ0v) is 8.54. The summed E-state index contributed by atoms with van der Waals surface area (Å²) in [5.41, 5.74) is 10.9. The number of nitrogens with one attached hydrogen (secondary N) is 1. The normalized spacial score (nSPS) is 9.67. The molecule has 0 aliphatic carbocycles. The van der Waals surface area contributed by atoms with E-state index in [1.807, 2.05) is 0 Å². The van der Waals surface area contributed by atoms with E-state index in [0.717, 1.165) is 0 Å². The van der Waals surface area contributed by atoms with Gasteiger partial charge in [0.05, 0.1) is 17.1 Å². The summed E-state index contributed by atoms with van der Waals surface area (Å²) in [6, 6.07) is 4.71. The molecule has 0 unspecified atom stereocenters. The average Bonchev–Trinajstić information content (AvgIpc) is 2.14. The molecule has 0 aliphatic rings. The van der Waals surface area contributed by atoms with Crippen LogP contribution in [0.3, 0.4) is 0 Å². The predicted octanol–water partition coefficient (Wildman–Crippen LogP) is 0.137. The Labute approximate surface area is 91.4 Å². The molecule has 5 nitrogen and oxygen atoms in total. The van der Waals surface area contributed by atoms with Crippen molar-refractivity contribution >= 4 is 29.1 Å². The molecule has 1 aromatic carbocycles. The number of carbonyl (C=O) groups is 2. The molecule has 0 aromatic heterocycles. The number of amides is 2. The maximum Gasteiger partial charge on any atom is 0.255 e. The molecule has 0 saturated heterocycles. The van der Waals surface area contributed by atoms with Gasteiger partial charge in [-0.3, -0.25) is 9.59 Å². The van der Waals surface area contributed by atoms with Gasteiger partial charge in [0.15, 0.2) is 0 Å². The van der Waals surface area contributed by atoms with Crippen molar-refractivity contribution in [3.63, 3.8) is 0 Å². The van der Waals surface area contributed by atoms with Gasteiger partial charge in [-0.2, -0.15) is 0 Å². The Bertz CT molecular complexity index is 386. The van der Waals surface area contributed by atoms with Crippen LogP contribution < -0.4 is 16.8 Å². The van der Waals surface area contributed by atoms with Gasteiger partial charge in [0.2, 0.25) is 5.91 Å². The summed E-state index contributed by atoms with van der Waals surface area (Å²) in [6.45, 7) is -0.247. The highest BCUT2D eigenvalue weighted by Gasteiger charge is 2.13. The molecule has 0 saturated carbocycles. The molecule has 80 valence electrons. The average molecular weight is 228 g/mol. The Kier molecular flexibility index (Phi) is 3.51. The molecule has 0 fully saturated rings. The molecule has 0 bridgehead atoms. The maximum atomic E-state index is 11.5. The zero-order valence-electron chi connectivity index (χ0n) is 7.79. The van der Waals surface area contributed by atoms with Crippen LogP contribution in [0.1, 0.15) is 10.4 Å². The third-order valence-electron chi connectivity index (χ3n) is 1.70. The molecule has 15 heavy (non-hydrogen) atoms. The first-order valence-corrected chi connectivity index (χ1v) is 4.50. The standard InChI is InChI=1S/C9H10ClN3O2/c10-5-2-1-3-6(11)8(5)9(15)13-4-7(12)14/h1-3H,4,11H2,(H2,12,14)(H,13,15). The predicted molar refractivity (Wildman–Crippen MR) is 57.4 cm³/mol. The number of nitrogens with two attached hydrogens (primary N) is 2. The fourth-order valence-electron chi connectivity index (χ4n) is 1.04. The van der Waals surface area contributed by atoms with Crippen molar-refractivity contribution in [2.75, 3.05) is 12.3 Å². The number of nitrogen functional groups attached to an aromatic ring is 1. The molecule has 2 amide bonds. The van der Waals surface area contributed by atoms with Gasteiger partial charge in [-0.05, 0) is 12.1 Å². The fraction of sp³-hybridized carbons (Fsp3) is 0.111. The Hall–Kier alpha value is -1.75. The lowest BCUT2D eigenvalue weighted by Gasteiger charge is -2.07. The van der Waals surface area contributed by atoms with Gasteiger partial charge in [0.1, 0.15) is 0 Å². The summed E-state index contributed by atoms with van der Waals surface area (Å²) >= 11 is 5.78. The minimum atomic E-state index is -0.631. The summed E-state index contributed by atoms with van der Waals surface area (Å²) in [5, 5.41) is 2.54. The minimum absolute atomic E-state index is 0.153. The highest BCUT2D eigenvalue weighted by Crippen LogP contribution is 2.21. The van der Waals surface area contributed by atoms with Crippen molar-refractivity contribution in [3.8, 4) is 0 Å².